The molecular weight excluding hydrogens is 194 g/mol. The Kier molecular flexibility index (Phi) is 4.88. The van der Waals surface area contributed by atoms with Gasteiger partial charge >= 0.3 is 0 Å². The number of piperidine rings is 2. The van der Waals surface area contributed by atoms with Crippen LogP contribution in [0.3, 0.4) is 0 Å². The summed E-state index contributed by atoms with van der Waals surface area (Å²) in [4.78, 5) is 8.44. The highest BCUT2D eigenvalue weighted by Gasteiger charge is 2.30. The second-order valence-corrected chi connectivity index (χ2v) is 4.62. The predicted molar refractivity (Wildman–Crippen MR) is 55.5 cm³/mol. The zero-order valence-corrected chi connectivity index (χ0v) is 9.28. The lowest BCUT2D eigenvalue weighted by Gasteiger charge is -2.44. The molecule has 0 aromatic heterocycles. The quantitative estimate of drug-likeness (QED) is 0.615. The minimum Gasteiger partial charge on any atom is -0.565 e. The van der Waals surface area contributed by atoms with Crippen LogP contribution in [0.5, 0.6) is 0 Å². The molecule has 2 fully saturated rings. The molecule has 2 rings (SSSR count). The van der Waals surface area contributed by atoms with Crippen LogP contribution in [-0.2, 0) is 0 Å². The summed E-state index contributed by atoms with van der Waals surface area (Å²) >= 11 is 0. The highest BCUT2D eigenvalue weighted by atomic mass is 16.6. The first-order valence-electron chi connectivity index (χ1n) is 5.90. The lowest BCUT2D eigenvalue weighted by Crippen LogP contribution is -2.54. The van der Waals surface area contributed by atoms with Gasteiger partial charge < -0.3 is 19.5 Å². The Bertz CT molecular complexity index is 170. The summed E-state index contributed by atoms with van der Waals surface area (Å²) in [5, 5.41) is 15.3. The molecule has 1 N–H and O–H groups in total. The van der Waals surface area contributed by atoms with Gasteiger partial charge in [0.1, 0.15) is 0 Å². The molecule has 2 heterocycles. The third-order valence-electron chi connectivity index (χ3n) is 3.53. The highest BCUT2D eigenvalue weighted by Crippen LogP contribution is 2.24. The molecule has 0 atom stereocenters. The number of hydrogen-bond acceptors (Lipinski definition) is 2. The van der Waals surface area contributed by atoms with Crippen LogP contribution < -0.4 is 5.11 Å². The standard InChI is InChI=1S/C10H20N.CH2O3/c1-3-7-11(8-4-1)9-5-2-6-10-11;2-1(3)4/h1-10H2;(H2,2,3,4)/q+1;/p-1. The normalized spacial score (nSPS) is 24.0. The summed E-state index contributed by atoms with van der Waals surface area (Å²) in [5.41, 5.74) is 0. The topological polar surface area (TPSA) is 60.4 Å². The van der Waals surface area contributed by atoms with Crippen LogP contribution in [0.25, 0.3) is 0 Å². The summed E-state index contributed by atoms with van der Waals surface area (Å²) in [6.45, 7) is 6.00. The van der Waals surface area contributed by atoms with Crippen LogP contribution in [0.1, 0.15) is 38.5 Å². The first-order chi connectivity index (χ1) is 7.15. The second-order valence-electron chi connectivity index (χ2n) is 4.62. The number of carboxylic acid groups (broad SMARTS) is 2. The summed E-state index contributed by atoms with van der Waals surface area (Å²) in [7, 11) is 0. The van der Waals surface area contributed by atoms with Crippen molar-refractivity contribution in [3.05, 3.63) is 0 Å². The molecule has 2 saturated heterocycles. The Hall–Kier alpha value is -0.770. The van der Waals surface area contributed by atoms with Crippen LogP contribution >= 0.6 is 0 Å². The molecule has 0 amide bonds. The molecule has 0 unspecified atom stereocenters. The second kappa shape index (κ2) is 5.95. The van der Waals surface area contributed by atoms with Crippen molar-refractivity contribution < 1.29 is 19.5 Å². The zero-order valence-electron chi connectivity index (χ0n) is 9.28. The van der Waals surface area contributed by atoms with E-state index in [0.717, 1.165) is 0 Å². The predicted octanol–water partition coefficient (Wildman–Crippen LogP) is 1.06. The van der Waals surface area contributed by atoms with Gasteiger partial charge in [0.05, 0.1) is 26.2 Å². The lowest BCUT2D eigenvalue weighted by atomic mass is 10.0. The summed E-state index contributed by atoms with van der Waals surface area (Å²) in [6.07, 6.45) is 6.92. The van der Waals surface area contributed by atoms with Crippen LogP contribution in [0.2, 0.25) is 0 Å². The molecule has 2 aliphatic heterocycles. The summed E-state index contributed by atoms with van der Waals surface area (Å²) in [5.74, 6) is 0. The molecule has 2 aliphatic rings. The van der Waals surface area contributed by atoms with Gasteiger partial charge in [-0.15, -0.1) is 0 Å². The van der Waals surface area contributed by atoms with Gasteiger partial charge in [-0.05, 0) is 38.5 Å². The maximum Gasteiger partial charge on any atom is 0.249 e. The fourth-order valence-corrected chi connectivity index (χ4v) is 2.81. The number of rotatable bonds is 0. The van der Waals surface area contributed by atoms with Crippen LogP contribution in [-0.4, -0.2) is 41.9 Å². The van der Waals surface area contributed by atoms with E-state index in [1.54, 1.807) is 0 Å². The summed E-state index contributed by atoms with van der Waals surface area (Å²) in [6, 6.07) is 0. The van der Waals surface area contributed by atoms with Gasteiger partial charge in [0.2, 0.25) is 6.16 Å². The lowest BCUT2D eigenvalue weighted by molar-refractivity contribution is -0.936. The summed E-state index contributed by atoms with van der Waals surface area (Å²) < 4.78 is 1.50. The highest BCUT2D eigenvalue weighted by molar-refractivity contribution is 5.50. The molecule has 88 valence electrons. The molecule has 0 radical (unpaired) electrons. The van der Waals surface area contributed by atoms with Crippen LogP contribution in [0.4, 0.5) is 4.79 Å². The molecule has 0 aliphatic carbocycles. The van der Waals surface area contributed by atoms with Crippen molar-refractivity contribution in [1.29, 1.82) is 0 Å². The number of hydrogen-bond donors (Lipinski definition) is 1. The molecule has 4 nitrogen and oxygen atoms in total. The van der Waals surface area contributed by atoms with Gasteiger partial charge in [0.15, 0.2) is 0 Å². The van der Waals surface area contributed by atoms with E-state index in [2.05, 4.69) is 0 Å². The van der Waals surface area contributed by atoms with E-state index < -0.39 is 6.16 Å². The fraction of sp³-hybridized carbons (Fsp3) is 0.909. The van der Waals surface area contributed by atoms with Crippen LogP contribution in [0, 0.1) is 0 Å². The number of carbonyl (C=O) groups is 1. The van der Waals surface area contributed by atoms with Crippen molar-refractivity contribution in [2.45, 2.75) is 38.5 Å². The Morgan fingerprint density at radius 2 is 1.13 bits per heavy atom. The maximum atomic E-state index is 8.44. The third kappa shape index (κ3) is 4.51. The van der Waals surface area contributed by atoms with E-state index in [1.165, 1.54) is 69.2 Å². The van der Waals surface area contributed by atoms with E-state index in [-0.39, 0.29) is 0 Å². The molecule has 0 aromatic carbocycles. The average Bonchev–Trinajstić information content (AvgIpc) is 2.19. The molecule has 0 bridgehead atoms. The van der Waals surface area contributed by atoms with Gasteiger partial charge in [-0.3, -0.25) is 0 Å². The first kappa shape index (κ1) is 12.3. The Morgan fingerprint density at radius 3 is 1.40 bits per heavy atom. The van der Waals surface area contributed by atoms with E-state index in [1.807, 2.05) is 0 Å². The molecule has 4 heteroatoms. The van der Waals surface area contributed by atoms with Crippen molar-refractivity contribution in [2.24, 2.45) is 0 Å². The molecular formula is C11H21NO3. The van der Waals surface area contributed by atoms with Gasteiger partial charge in [-0.25, -0.2) is 0 Å². The maximum absolute atomic E-state index is 8.44. The minimum atomic E-state index is -2.08. The van der Waals surface area contributed by atoms with E-state index in [4.69, 9.17) is 15.0 Å². The zero-order chi connectivity index (χ0) is 11.1. The fourth-order valence-electron chi connectivity index (χ4n) is 2.81. The van der Waals surface area contributed by atoms with Crippen molar-refractivity contribution in [2.75, 3.05) is 26.2 Å². The average molecular weight is 215 g/mol. The van der Waals surface area contributed by atoms with E-state index in [0.29, 0.717) is 0 Å². The van der Waals surface area contributed by atoms with Crippen molar-refractivity contribution in [1.82, 2.24) is 0 Å². The third-order valence-corrected chi connectivity index (χ3v) is 3.53. The smallest absolute Gasteiger partial charge is 0.249 e. The van der Waals surface area contributed by atoms with E-state index >= 15 is 0 Å². The van der Waals surface area contributed by atoms with Gasteiger partial charge in [-0.1, -0.05) is 0 Å². The van der Waals surface area contributed by atoms with Gasteiger partial charge in [0, 0.05) is 0 Å². The number of quaternary nitrogens is 1. The Labute approximate surface area is 91.1 Å². The first-order valence-corrected chi connectivity index (χ1v) is 5.90. The number of nitrogens with zero attached hydrogens (tertiary/aromatic N) is 1. The van der Waals surface area contributed by atoms with Crippen molar-refractivity contribution in [3.63, 3.8) is 0 Å². The molecule has 0 saturated carbocycles. The van der Waals surface area contributed by atoms with E-state index in [9.17, 15) is 0 Å². The van der Waals surface area contributed by atoms with Crippen molar-refractivity contribution >= 4 is 6.16 Å². The van der Waals surface area contributed by atoms with Crippen molar-refractivity contribution in [3.8, 4) is 0 Å². The largest absolute Gasteiger partial charge is 0.565 e. The molecule has 1 spiro atoms. The molecule has 0 aromatic rings. The van der Waals surface area contributed by atoms with Crippen LogP contribution in [0.15, 0.2) is 0 Å². The van der Waals surface area contributed by atoms with Gasteiger partial charge in [-0.2, -0.15) is 0 Å². The Morgan fingerprint density at radius 1 is 0.867 bits per heavy atom. The van der Waals surface area contributed by atoms with Gasteiger partial charge in [0.25, 0.3) is 0 Å². The Balaban J connectivity index is 0.000000245. The SMILES string of the molecule is C1CC[N+]2(CC1)CCCCC2.O=C([O-])O. The molecule has 15 heavy (non-hydrogen) atoms. The monoisotopic (exact) mass is 215 g/mol. The minimum absolute atomic E-state index is 1.50.